The van der Waals surface area contributed by atoms with Crippen LogP contribution in [-0.4, -0.2) is 38.5 Å². The van der Waals surface area contributed by atoms with Gasteiger partial charge in [0, 0.05) is 5.56 Å². The first-order chi connectivity index (χ1) is 24.3. The normalized spacial score (nSPS) is 14.1. The highest BCUT2D eigenvalue weighted by molar-refractivity contribution is 9.10. The predicted molar refractivity (Wildman–Crippen MR) is 192 cm³/mol. The molecule has 1 aliphatic heterocycles. The number of thiazole rings is 1. The summed E-state index contributed by atoms with van der Waals surface area (Å²) in [5, 5.41) is 0. The Morgan fingerprint density at radius 2 is 1.66 bits per heavy atom. The molecule has 50 heavy (non-hydrogen) atoms. The molecule has 12 heteroatoms. The summed E-state index contributed by atoms with van der Waals surface area (Å²) < 4.78 is 44.2. The van der Waals surface area contributed by atoms with Crippen LogP contribution in [0.2, 0.25) is 0 Å². The van der Waals surface area contributed by atoms with Crippen molar-refractivity contribution in [2.24, 2.45) is 4.99 Å². The van der Waals surface area contributed by atoms with E-state index >= 15 is 0 Å². The minimum Gasteiger partial charge on any atom is -0.493 e. The summed E-state index contributed by atoms with van der Waals surface area (Å²) in [6.07, 6.45) is 1.74. The second-order valence-electron chi connectivity index (χ2n) is 11.0. The maximum Gasteiger partial charge on any atom is 0.338 e. The minimum absolute atomic E-state index is 0.133. The van der Waals surface area contributed by atoms with Gasteiger partial charge in [0.15, 0.2) is 27.8 Å². The van der Waals surface area contributed by atoms with Crippen LogP contribution in [-0.2, 0) is 16.1 Å². The van der Waals surface area contributed by atoms with Gasteiger partial charge in [0.25, 0.3) is 5.56 Å². The molecular formula is C38H32BrFN2O7S. The number of aromatic nitrogens is 1. The zero-order valence-corrected chi connectivity index (χ0v) is 30.0. The van der Waals surface area contributed by atoms with E-state index in [0.717, 1.165) is 5.56 Å². The first-order valence-electron chi connectivity index (χ1n) is 15.5. The number of benzene rings is 4. The molecule has 0 aliphatic carbocycles. The quantitative estimate of drug-likeness (QED) is 0.143. The van der Waals surface area contributed by atoms with E-state index in [-0.39, 0.29) is 30.2 Å². The lowest BCUT2D eigenvalue weighted by atomic mass is 9.93. The molecule has 1 aliphatic rings. The number of methoxy groups -OCH3 is 3. The van der Waals surface area contributed by atoms with Crippen LogP contribution in [0.5, 0.6) is 23.0 Å². The fourth-order valence-electron chi connectivity index (χ4n) is 5.63. The number of nitrogens with zero attached hydrogens (tertiary/aromatic N) is 2. The van der Waals surface area contributed by atoms with E-state index in [9.17, 15) is 14.0 Å². The monoisotopic (exact) mass is 758 g/mol. The van der Waals surface area contributed by atoms with Crippen LogP contribution in [0.3, 0.4) is 0 Å². The largest absolute Gasteiger partial charge is 0.493 e. The molecule has 0 amide bonds. The summed E-state index contributed by atoms with van der Waals surface area (Å²) in [5.74, 6) is 0.903. The van der Waals surface area contributed by atoms with E-state index in [1.807, 2.05) is 36.4 Å². The number of halogens is 2. The molecule has 6 rings (SSSR count). The number of ether oxygens (including phenoxy) is 5. The first kappa shape index (κ1) is 34.7. The molecule has 0 bridgehead atoms. The van der Waals surface area contributed by atoms with Crippen molar-refractivity contribution in [2.45, 2.75) is 19.6 Å². The Morgan fingerprint density at radius 3 is 2.34 bits per heavy atom. The number of hydrogen-bond donors (Lipinski definition) is 0. The van der Waals surface area contributed by atoms with Crippen LogP contribution in [0.1, 0.15) is 35.2 Å². The van der Waals surface area contributed by atoms with Crippen LogP contribution < -0.4 is 33.8 Å². The molecule has 0 saturated carbocycles. The summed E-state index contributed by atoms with van der Waals surface area (Å²) in [4.78, 5) is 33.5. The highest BCUT2D eigenvalue weighted by atomic mass is 79.9. The van der Waals surface area contributed by atoms with Crippen molar-refractivity contribution in [3.63, 3.8) is 0 Å². The molecule has 256 valence electrons. The molecular weight excluding hydrogens is 727 g/mol. The van der Waals surface area contributed by atoms with E-state index in [0.29, 0.717) is 59.2 Å². The third kappa shape index (κ3) is 6.94. The molecule has 0 saturated heterocycles. The highest BCUT2D eigenvalue weighted by Crippen LogP contribution is 2.39. The van der Waals surface area contributed by atoms with Crippen molar-refractivity contribution >= 4 is 45.0 Å². The molecule has 1 atom stereocenters. The molecule has 4 aromatic carbocycles. The highest BCUT2D eigenvalue weighted by Gasteiger charge is 2.35. The average Bonchev–Trinajstić information content (AvgIpc) is 3.44. The summed E-state index contributed by atoms with van der Waals surface area (Å²) in [6, 6.07) is 23.3. The fraction of sp³-hybridized carbons (Fsp3) is 0.184. The lowest BCUT2D eigenvalue weighted by molar-refractivity contribution is -0.138. The van der Waals surface area contributed by atoms with Gasteiger partial charge in [-0.3, -0.25) is 9.36 Å². The topological polar surface area (TPSA) is 97.6 Å². The Kier molecular flexibility index (Phi) is 10.5. The van der Waals surface area contributed by atoms with Gasteiger partial charge in [0.1, 0.15) is 12.4 Å². The molecule has 0 radical (unpaired) electrons. The van der Waals surface area contributed by atoms with Crippen molar-refractivity contribution in [1.82, 2.24) is 4.57 Å². The Hall–Kier alpha value is -5.20. The van der Waals surface area contributed by atoms with E-state index in [2.05, 4.69) is 15.9 Å². The zero-order valence-electron chi connectivity index (χ0n) is 27.6. The summed E-state index contributed by atoms with van der Waals surface area (Å²) in [6.45, 7) is 2.05. The third-order valence-corrected chi connectivity index (χ3v) is 9.51. The third-order valence-electron chi connectivity index (χ3n) is 7.94. The summed E-state index contributed by atoms with van der Waals surface area (Å²) in [5.41, 5.74) is 3.02. The van der Waals surface area contributed by atoms with Gasteiger partial charge in [-0.2, -0.15) is 0 Å². The van der Waals surface area contributed by atoms with Crippen molar-refractivity contribution in [2.75, 3.05) is 27.9 Å². The second-order valence-corrected chi connectivity index (χ2v) is 12.9. The molecule has 0 N–H and O–H groups in total. The predicted octanol–water partition coefficient (Wildman–Crippen LogP) is 6.44. The van der Waals surface area contributed by atoms with Gasteiger partial charge in [-0.25, -0.2) is 14.2 Å². The Bertz CT molecular complexity index is 2270. The molecule has 0 spiro atoms. The number of carbonyl (C=O) groups is 1. The molecule has 0 unspecified atom stereocenters. The number of hydrogen-bond acceptors (Lipinski definition) is 9. The number of carbonyl (C=O) groups excluding carboxylic acids is 1. The average molecular weight is 760 g/mol. The van der Waals surface area contributed by atoms with Crippen LogP contribution in [0.25, 0.3) is 11.8 Å². The molecule has 2 heterocycles. The van der Waals surface area contributed by atoms with Crippen LogP contribution in [0.4, 0.5) is 4.39 Å². The van der Waals surface area contributed by atoms with Crippen molar-refractivity contribution in [1.29, 1.82) is 0 Å². The van der Waals surface area contributed by atoms with Crippen LogP contribution in [0.15, 0.2) is 105 Å². The van der Waals surface area contributed by atoms with E-state index in [4.69, 9.17) is 28.7 Å². The summed E-state index contributed by atoms with van der Waals surface area (Å²) >= 11 is 4.79. The Morgan fingerprint density at radius 1 is 0.940 bits per heavy atom. The van der Waals surface area contributed by atoms with Gasteiger partial charge in [0.05, 0.1) is 54.3 Å². The second kappa shape index (κ2) is 15.1. The number of fused-ring (bicyclic) bond motifs is 1. The molecule has 5 aromatic rings. The van der Waals surface area contributed by atoms with Gasteiger partial charge in [0.2, 0.25) is 0 Å². The van der Waals surface area contributed by atoms with Gasteiger partial charge in [-0.15, -0.1) is 0 Å². The van der Waals surface area contributed by atoms with Crippen LogP contribution in [0, 0.1) is 5.82 Å². The SMILES string of the molecule is CCOC(=O)C1=C(c2ccccc2)N=c2s/c(=C\c3cc(Br)c(OCc4ccc(F)cc4)c(OC)c3)c(=O)n2[C@H]1c1ccc(OC)c(OC)c1. The lowest BCUT2D eigenvalue weighted by Gasteiger charge is -2.26. The van der Waals surface area contributed by atoms with Gasteiger partial charge in [-0.1, -0.05) is 59.9 Å². The van der Waals surface area contributed by atoms with E-state index in [1.165, 1.54) is 49.4 Å². The van der Waals surface area contributed by atoms with Gasteiger partial charge >= 0.3 is 5.97 Å². The summed E-state index contributed by atoms with van der Waals surface area (Å²) in [7, 11) is 4.58. The smallest absolute Gasteiger partial charge is 0.338 e. The van der Waals surface area contributed by atoms with Gasteiger partial charge in [-0.05, 0) is 82.0 Å². The van der Waals surface area contributed by atoms with Crippen LogP contribution >= 0.6 is 27.3 Å². The van der Waals surface area contributed by atoms with Crippen molar-refractivity contribution in [3.05, 3.63) is 143 Å². The first-order valence-corrected chi connectivity index (χ1v) is 17.1. The van der Waals surface area contributed by atoms with Gasteiger partial charge < -0.3 is 23.7 Å². The molecule has 1 aromatic heterocycles. The van der Waals surface area contributed by atoms with E-state index in [1.54, 1.807) is 49.4 Å². The maximum atomic E-state index is 14.4. The standard InChI is InChI=1S/C38H32BrFN2O7S/c1-5-48-37(44)32-33(24-9-7-6-8-10-24)41-38-42(34(32)25-13-16-28(45-2)29(20-25)46-3)36(43)31(50-38)19-23-17-27(39)35(30(18-23)47-4)49-21-22-11-14-26(40)15-12-22/h6-20,34H,5,21H2,1-4H3/b31-19-/t34-/m0/s1. The number of rotatable bonds is 11. The maximum absolute atomic E-state index is 14.4. The molecule has 9 nitrogen and oxygen atoms in total. The van der Waals surface area contributed by atoms with E-state index < -0.39 is 12.0 Å². The van der Waals surface area contributed by atoms with Crippen molar-refractivity contribution in [3.8, 4) is 23.0 Å². The lowest BCUT2D eigenvalue weighted by Crippen LogP contribution is -2.40. The molecule has 0 fully saturated rings. The Labute approximate surface area is 299 Å². The minimum atomic E-state index is -0.897. The number of esters is 1. The Balaban J connectivity index is 1.51. The van der Waals surface area contributed by atoms with Crippen molar-refractivity contribution < 1.29 is 32.9 Å². The zero-order chi connectivity index (χ0) is 35.4. The fourth-order valence-corrected chi connectivity index (χ4v) is 7.20.